The molecule has 0 bridgehead atoms. The van der Waals surface area contributed by atoms with E-state index in [4.69, 9.17) is 4.42 Å². The first kappa shape index (κ1) is 59.1. The van der Waals surface area contributed by atoms with E-state index in [-0.39, 0.29) is 11.8 Å². The Labute approximate surface area is 512 Å². The van der Waals surface area contributed by atoms with Gasteiger partial charge in [-0.25, -0.2) is 0 Å². The van der Waals surface area contributed by atoms with Gasteiger partial charge in [-0.05, 0) is 143 Å². The van der Waals surface area contributed by atoms with Gasteiger partial charge >= 0.3 is 0 Å². The van der Waals surface area contributed by atoms with Crippen molar-refractivity contribution in [3.05, 3.63) is 293 Å². The van der Waals surface area contributed by atoms with Crippen LogP contribution in [0.5, 0.6) is 0 Å². The molecule has 1 heterocycles. The van der Waals surface area contributed by atoms with Gasteiger partial charge < -0.3 is 19.7 Å². The highest BCUT2D eigenvalue weighted by molar-refractivity contribution is 6.10. The van der Waals surface area contributed by atoms with Crippen LogP contribution in [0, 0.1) is 23.7 Å². The molecule has 1 aromatic heterocycles. The predicted molar refractivity (Wildman–Crippen MR) is 370 cm³/mol. The molecule has 0 spiro atoms. The molecule has 3 saturated carbocycles. The average molecular weight is 1130 g/mol. The molecule has 4 unspecified atom stereocenters. The second-order valence-electron chi connectivity index (χ2n) is 24.2. The van der Waals surface area contributed by atoms with Gasteiger partial charge in [0.25, 0.3) is 0 Å². The fraction of sp³-hybridized carbons (Fsp3) is 0.268. The maximum atomic E-state index is 12.2. The Morgan fingerprint density at radius 1 is 0.733 bits per heavy atom. The van der Waals surface area contributed by atoms with Gasteiger partial charge in [-0.3, -0.25) is 0 Å². The fourth-order valence-corrected chi connectivity index (χ4v) is 14.0. The Morgan fingerprint density at radius 3 is 2.22 bits per heavy atom. The van der Waals surface area contributed by atoms with Crippen LogP contribution in [0.4, 0.5) is 17.1 Å². The summed E-state index contributed by atoms with van der Waals surface area (Å²) in [4.78, 5) is 2.54. The molecule has 7 aliphatic rings. The van der Waals surface area contributed by atoms with E-state index in [1.165, 1.54) is 114 Å². The lowest BCUT2D eigenvalue weighted by Gasteiger charge is -2.41. The third kappa shape index (κ3) is 12.5. The molecule has 436 valence electrons. The molecule has 86 heavy (non-hydrogen) atoms. The summed E-state index contributed by atoms with van der Waals surface area (Å²) in [5, 5.41) is 18.5. The highest BCUT2D eigenvalue weighted by Crippen LogP contribution is 2.56. The van der Waals surface area contributed by atoms with Crippen molar-refractivity contribution < 1.29 is 9.52 Å². The largest absolute Gasteiger partial charge is 0.507 e. The molecule has 0 radical (unpaired) electrons. The number of anilines is 3. The number of nitrogens with one attached hydrogen (secondary N) is 1. The number of allylic oxidation sites excluding steroid dienone is 21. The number of para-hydroxylation sites is 2. The predicted octanol–water partition coefficient (Wildman–Crippen LogP) is 23.4. The van der Waals surface area contributed by atoms with E-state index in [0.717, 1.165) is 80.7 Å². The summed E-state index contributed by atoms with van der Waals surface area (Å²) in [6.07, 6.45) is 54.4. The number of hydrogen-bond donors (Lipinski definition) is 2. The molecule has 3 fully saturated rings. The van der Waals surface area contributed by atoms with Gasteiger partial charge in [0.05, 0.1) is 5.69 Å². The third-order valence-corrected chi connectivity index (χ3v) is 18.3. The molecule has 0 amide bonds. The van der Waals surface area contributed by atoms with Crippen LogP contribution >= 0.6 is 0 Å². The fourth-order valence-electron chi connectivity index (χ4n) is 14.0. The van der Waals surface area contributed by atoms with Crippen LogP contribution in [0.15, 0.2) is 264 Å². The van der Waals surface area contributed by atoms with Crippen LogP contribution in [0.2, 0.25) is 0 Å². The third-order valence-electron chi connectivity index (χ3n) is 18.3. The summed E-state index contributed by atoms with van der Waals surface area (Å²) in [5.74, 6) is 2.24. The van der Waals surface area contributed by atoms with E-state index in [2.05, 4.69) is 202 Å². The summed E-state index contributed by atoms with van der Waals surface area (Å²) in [5.41, 5.74) is 20.2. The summed E-state index contributed by atoms with van der Waals surface area (Å²) >= 11 is 0. The smallest absolute Gasteiger partial charge is 0.158 e. The zero-order chi connectivity index (χ0) is 59.5. The van der Waals surface area contributed by atoms with E-state index in [9.17, 15) is 5.11 Å². The number of nitrogens with zero attached hydrogens (tertiary/aromatic N) is 1. The highest BCUT2D eigenvalue weighted by Gasteiger charge is 2.46. The van der Waals surface area contributed by atoms with E-state index >= 15 is 0 Å². The van der Waals surface area contributed by atoms with Crippen LogP contribution in [-0.2, 0) is 0 Å². The summed E-state index contributed by atoms with van der Waals surface area (Å²) in [6, 6.07) is 36.9. The van der Waals surface area contributed by atoms with Crippen molar-refractivity contribution in [3.63, 3.8) is 0 Å². The Balaban J connectivity index is 0.000000452. The molecule has 6 aromatic rings. The molecule has 2 N–H and O–H groups in total. The lowest BCUT2D eigenvalue weighted by atomic mass is 9.68. The van der Waals surface area contributed by atoms with E-state index < -0.39 is 0 Å². The molecule has 0 saturated heterocycles. The Kier molecular flexibility index (Phi) is 19.0. The second-order valence-corrected chi connectivity index (χ2v) is 24.2. The molecular formula is C82H86N2O2. The monoisotopic (exact) mass is 1130 g/mol. The zero-order valence-electron chi connectivity index (χ0n) is 51.0. The number of aliphatic hydroxyl groups excluding tert-OH is 1. The molecule has 4 heteroatoms. The maximum Gasteiger partial charge on any atom is 0.158 e. The second kappa shape index (κ2) is 27.6. The zero-order valence-corrected chi connectivity index (χ0v) is 51.0. The summed E-state index contributed by atoms with van der Waals surface area (Å²) < 4.78 is 6.95. The number of rotatable bonds is 16. The minimum absolute atomic E-state index is 0.117. The molecule has 4 nitrogen and oxygen atoms in total. The SMILES string of the molecule is C=C/C=C(\C=C)c1cccc(N(C2=CC(C(/C=C\C)=C(\O)C(=C)C3CCCCCC3)=CC3CC23)C2=C3C=Cc4ccc(Nc5cccc6c5oc5c(C7CCCCC7)cccc56)c5c4C3C(C=C2)C=C5)c1.C=C/C=C\C=C\c1ccccc1.CCC. The number of hydrogen-bond acceptors (Lipinski definition) is 4. The molecule has 0 aliphatic heterocycles. The molecule has 13 rings (SSSR count). The quantitative estimate of drug-likeness (QED) is 0.0576. The Hall–Kier alpha value is -8.60. The average Bonchev–Trinajstić information content (AvgIpc) is 2.44. The van der Waals surface area contributed by atoms with Gasteiger partial charge in [-0.15, -0.1) is 0 Å². The maximum absolute atomic E-state index is 12.2. The first-order chi connectivity index (χ1) is 42.3. The van der Waals surface area contributed by atoms with Crippen LogP contribution in [-0.4, -0.2) is 5.11 Å². The van der Waals surface area contributed by atoms with Crippen LogP contribution < -0.4 is 10.2 Å². The Morgan fingerprint density at radius 2 is 1.47 bits per heavy atom. The minimum atomic E-state index is 0.117. The van der Waals surface area contributed by atoms with Gasteiger partial charge in [0, 0.05) is 62.4 Å². The van der Waals surface area contributed by atoms with Crippen LogP contribution in [0.25, 0.3) is 45.7 Å². The van der Waals surface area contributed by atoms with Gasteiger partial charge in [-0.1, -0.05) is 268 Å². The van der Waals surface area contributed by atoms with E-state index in [0.29, 0.717) is 29.4 Å². The van der Waals surface area contributed by atoms with Crippen molar-refractivity contribution in [2.75, 3.05) is 10.2 Å². The number of fused-ring (bicyclic) bond motifs is 4. The van der Waals surface area contributed by atoms with Gasteiger partial charge in [0.1, 0.15) is 11.3 Å². The van der Waals surface area contributed by atoms with Crippen LogP contribution in [0.1, 0.15) is 149 Å². The summed E-state index contributed by atoms with van der Waals surface area (Å²) in [7, 11) is 0. The van der Waals surface area contributed by atoms with Crippen molar-refractivity contribution in [2.45, 2.75) is 116 Å². The lowest BCUT2D eigenvalue weighted by Crippen LogP contribution is -2.31. The highest BCUT2D eigenvalue weighted by atomic mass is 16.3. The van der Waals surface area contributed by atoms with Gasteiger partial charge in [0.2, 0.25) is 0 Å². The number of furan rings is 1. The first-order valence-corrected chi connectivity index (χ1v) is 32.0. The van der Waals surface area contributed by atoms with Crippen molar-refractivity contribution in [1.82, 2.24) is 0 Å². The number of aliphatic hydroxyl groups is 1. The normalized spacial score (nSPS) is 20.9. The minimum Gasteiger partial charge on any atom is -0.507 e. The van der Waals surface area contributed by atoms with Crippen LogP contribution in [0.3, 0.4) is 0 Å². The van der Waals surface area contributed by atoms with Gasteiger partial charge in [0.15, 0.2) is 5.58 Å². The lowest BCUT2D eigenvalue weighted by molar-refractivity contribution is 0.391. The first-order valence-electron chi connectivity index (χ1n) is 32.0. The van der Waals surface area contributed by atoms with Crippen molar-refractivity contribution in [3.8, 4) is 0 Å². The van der Waals surface area contributed by atoms with Crippen molar-refractivity contribution in [2.24, 2.45) is 23.7 Å². The van der Waals surface area contributed by atoms with E-state index in [1.54, 1.807) is 6.08 Å². The van der Waals surface area contributed by atoms with Crippen molar-refractivity contribution in [1.29, 1.82) is 0 Å². The van der Waals surface area contributed by atoms with Crippen molar-refractivity contribution >= 4 is 62.8 Å². The Bertz CT molecular complexity index is 3870. The number of benzene rings is 5. The topological polar surface area (TPSA) is 48.6 Å². The van der Waals surface area contributed by atoms with E-state index in [1.807, 2.05) is 61.6 Å². The molecular weight excluding hydrogens is 1040 g/mol. The molecule has 4 atom stereocenters. The standard InChI is InChI=1S/C67H66N2O2.C12H12.C3H8/c1-5-18-43(7-3)48-24-15-25-51(39-48)69(62-41-50(38-49-40-58(49)62)52(19-6-2)65(70)42(4)44-20-11-8-9-12-21-44)61-37-33-47-30-34-56-59(36-32-46-31-35-57(61)64(47)63(46)56)68-60-29-17-28-55-54-27-16-26-53(66(54)71-67(55)60)45-22-13-10-14-23-45;1-2-3-4-6-9-12-10-7-5-8-11-12;1-3-2/h5-7,15-19,24-39,41,44-45,47,49,58,64,68,70H,1,3-4,8-14,20-23,40H2,2H3;2-11H,1H2;3H2,1-2H3/b19-6-,43-18+,65-52-;4-3-,9-6+;. The van der Waals surface area contributed by atoms with Gasteiger partial charge in [-0.2, -0.15) is 0 Å². The molecule has 7 aliphatic carbocycles. The molecule has 5 aromatic carbocycles. The summed E-state index contributed by atoms with van der Waals surface area (Å²) in [6.45, 7) is 22.7.